The van der Waals surface area contributed by atoms with Gasteiger partial charge in [-0.3, -0.25) is 0 Å². The van der Waals surface area contributed by atoms with Gasteiger partial charge in [0.2, 0.25) is 0 Å². The van der Waals surface area contributed by atoms with Crippen molar-refractivity contribution in [2.24, 2.45) is 0 Å². The lowest BCUT2D eigenvalue weighted by Gasteiger charge is -2.07. The minimum Gasteiger partial charge on any atom is -0.451 e. The fraction of sp³-hybridized carbons (Fsp3) is 0. The van der Waals surface area contributed by atoms with Gasteiger partial charge in [-0.05, 0) is 36.4 Å². The first-order valence-electron chi connectivity index (χ1n) is 4.92. The normalized spacial score (nSPS) is 9.89. The van der Waals surface area contributed by atoms with E-state index in [1.807, 2.05) is 0 Å². The van der Waals surface area contributed by atoms with Crippen molar-refractivity contribution in [2.75, 3.05) is 0 Å². The van der Waals surface area contributed by atoms with Crippen molar-refractivity contribution in [1.29, 1.82) is 5.26 Å². The van der Waals surface area contributed by atoms with E-state index in [4.69, 9.17) is 21.6 Å². The van der Waals surface area contributed by atoms with Gasteiger partial charge in [0, 0.05) is 5.02 Å². The van der Waals surface area contributed by atoms with Gasteiger partial charge in [-0.25, -0.2) is 8.78 Å². The number of hydrogen-bond donors (Lipinski definition) is 0. The SMILES string of the molecule is N#Cc1ccc(Oc2ccc(Cl)cc2F)c(F)c1. The number of nitriles is 1. The molecule has 0 atom stereocenters. The summed E-state index contributed by atoms with van der Waals surface area (Å²) < 4.78 is 32.0. The molecule has 0 aliphatic heterocycles. The van der Waals surface area contributed by atoms with Crippen LogP contribution >= 0.6 is 11.6 Å². The zero-order chi connectivity index (χ0) is 13.1. The van der Waals surface area contributed by atoms with E-state index >= 15 is 0 Å². The first-order valence-corrected chi connectivity index (χ1v) is 5.30. The molecular weight excluding hydrogens is 260 g/mol. The van der Waals surface area contributed by atoms with Gasteiger partial charge in [0.15, 0.2) is 23.1 Å². The second-order valence-corrected chi connectivity index (χ2v) is 3.87. The molecule has 2 aromatic carbocycles. The quantitative estimate of drug-likeness (QED) is 0.812. The molecule has 0 amide bonds. The number of halogens is 3. The molecule has 5 heteroatoms. The van der Waals surface area contributed by atoms with Crippen LogP contribution in [0.5, 0.6) is 11.5 Å². The fourth-order valence-corrected chi connectivity index (χ4v) is 1.49. The molecule has 90 valence electrons. The predicted octanol–water partition coefficient (Wildman–Crippen LogP) is 4.28. The van der Waals surface area contributed by atoms with Gasteiger partial charge in [-0.2, -0.15) is 5.26 Å². The third-order valence-corrected chi connectivity index (χ3v) is 2.41. The van der Waals surface area contributed by atoms with Crippen LogP contribution in [-0.2, 0) is 0 Å². The summed E-state index contributed by atoms with van der Waals surface area (Å²) >= 11 is 5.59. The van der Waals surface area contributed by atoms with Gasteiger partial charge >= 0.3 is 0 Å². The molecule has 0 aliphatic carbocycles. The molecule has 0 spiro atoms. The summed E-state index contributed by atoms with van der Waals surface area (Å²) in [6.07, 6.45) is 0. The first-order chi connectivity index (χ1) is 8.60. The molecule has 0 fully saturated rings. The maximum absolute atomic E-state index is 13.5. The van der Waals surface area contributed by atoms with Crippen LogP contribution in [0, 0.1) is 23.0 Å². The van der Waals surface area contributed by atoms with E-state index in [0.29, 0.717) is 0 Å². The Kier molecular flexibility index (Phi) is 3.45. The summed E-state index contributed by atoms with van der Waals surface area (Å²) in [4.78, 5) is 0. The zero-order valence-corrected chi connectivity index (χ0v) is 9.71. The molecule has 2 rings (SSSR count). The van der Waals surface area contributed by atoms with E-state index in [1.54, 1.807) is 6.07 Å². The van der Waals surface area contributed by atoms with Crippen LogP contribution in [0.4, 0.5) is 8.78 Å². The molecule has 0 N–H and O–H groups in total. The molecular formula is C13H6ClF2NO. The topological polar surface area (TPSA) is 33.0 Å². The highest BCUT2D eigenvalue weighted by molar-refractivity contribution is 6.30. The van der Waals surface area contributed by atoms with E-state index in [0.717, 1.165) is 12.1 Å². The standard InChI is InChI=1S/C13H6ClF2NO/c14-9-2-4-13(11(16)6-9)18-12-3-1-8(7-17)5-10(12)15/h1-6H. The van der Waals surface area contributed by atoms with Gasteiger partial charge in [0.1, 0.15) is 0 Å². The van der Waals surface area contributed by atoms with Crippen molar-refractivity contribution in [1.82, 2.24) is 0 Å². The molecule has 0 radical (unpaired) electrons. The Morgan fingerprint density at radius 1 is 1.00 bits per heavy atom. The summed E-state index contributed by atoms with van der Waals surface area (Å²) in [6, 6.07) is 9.26. The Morgan fingerprint density at radius 2 is 1.61 bits per heavy atom. The lowest BCUT2D eigenvalue weighted by atomic mass is 10.2. The highest BCUT2D eigenvalue weighted by atomic mass is 35.5. The maximum Gasteiger partial charge on any atom is 0.167 e. The number of hydrogen-bond acceptors (Lipinski definition) is 2. The van der Waals surface area contributed by atoms with Crippen molar-refractivity contribution in [3.63, 3.8) is 0 Å². The van der Waals surface area contributed by atoms with Crippen molar-refractivity contribution in [3.8, 4) is 17.6 Å². The number of ether oxygens (including phenoxy) is 1. The van der Waals surface area contributed by atoms with Crippen LogP contribution in [0.1, 0.15) is 5.56 Å². The third-order valence-electron chi connectivity index (χ3n) is 2.17. The maximum atomic E-state index is 13.5. The van der Waals surface area contributed by atoms with E-state index in [9.17, 15) is 8.78 Å². The van der Waals surface area contributed by atoms with E-state index in [1.165, 1.54) is 24.3 Å². The second-order valence-electron chi connectivity index (χ2n) is 3.43. The van der Waals surface area contributed by atoms with Crippen molar-refractivity contribution >= 4 is 11.6 Å². The van der Waals surface area contributed by atoms with Gasteiger partial charge in [-0.15, -0.1) is 0 Å². The van der Waals surface area contributed by atoms with Crippen molar-refractivity contribution < 1.29 is 13.5 Å². The molecule has 2 nitrogen and oxygen atoms in total. The minimum atomic E-state index is -0.733. The molecule has 0 unspecified atom stereocenters. The lowest BCUT2D eigenvalue weighted by molar-refractivity contribution is 0.414. The molecule has 18 heavy (non-hydrogen) atoms. The van der Waals surface area contributed by atoms with Gasteiger partial charge in [0.05, 0.1) is 11.6 Å². The Labute approximate surface area is 107 Å². The van der Waals surface area contributed by atoms with Crippen LogP contribution in [0.25, 0.3) is 0 Å². The third kappa shape index (κ3) is 2.58. The highest BCUT2D eigenvalue weighted by Gasteiger charge is 2.09. The molecule has 0 bridgehead atoms. The largest absolute Gasteiger partial charge is 0.451 e. The number of rotatable bonds is 2. The zero-order valence-electron chi connectivity index (χ0n) is 8.95. The van der Waals surface area contributed by atoms with Crippen molar-refractivity contribution in [3.05, 3.63) is 58.6 Å². The first kappa shape index (κ1) is 12.3. The lowest BCUT2D eigenvalue weighted by Crippen LogP contribution is -1.92. The average molecular weight is 266 g/mol. The van der Waals surface area contributed by atoms with E-state index in [2.05, 4.69) is 0 Å². The summed E-state index contributed by atoms with van der Waals surface area (Å²) in [5.41, 5.74) is 0.163. The van der Waals surface area contributed by atoms with Crippen molar-refractivity contribution in [2.45, 2.75) is 0 Å². The summed E-state index contributed by atoms with van der Waals surface area (Å²) in [5.74, 6) is -1.71. The minimum absolute atomic E-state index is 0.136. The van der Waals surface area contributed by atoms with Gasteiger partial charge < -0.3 is 4.74 Å². The van der Waals surface area contributed by atoms with E-state index in [-0.39, 0.29) is 22.1 Å². The Hall–Kier alpha value is -2.12. The number of benzene rings is 2. The van der Waals surface area contributed by atoms with Gasteiger partial charge in [-0.1, -0.05) is 11.6 Å². The molecule has 0 aliphatic rings. The summed E-state index contributed by atoms with van der Waals surface area (Å²) in [6.45, 7) is 0. The average Bonchev–Trinajstić information content (AvgIpc) is 2.34. The predicted molar refractivity (Wildman–Crippen MR) is 62.6 cm³/mol. The molecule has 0 saturated heterocycles. The van der Waals surface area contributed by atoms with Crippen LogP contribution in [-0.4, -0.2) is 0 Å². The Balaban J connectivity index is 2.32. The highest BCUT2D eigenvalue weighted by Crippen LogP contribution is 2.28. The van der Waals surface area contributed by atoms with E-state index < -0.39 is 11.6 Å². The fourth-order valence-electron chi connectivity index (χ4n) is 1.33. The molecule has 0 heterocycles. The van der Waals surface area contributed by atoms with Crippen LogP contribution in [0.3, 0.4) is 0 Å². The van der Waals surface area contributed by atoms with Crippen LogP contribution in [0.15, 0.2) is 36.4 Å². The van der Waals surface area contributed by atoms with Gasteiger partial charge in [0.25, 0.3) is 0 Å². The Bertz CT molecular complexity index is 637. The Morgan fingerprint density at radius 3 is 2.17 bits per heavy atom. The molecule has 0 saturated carbocycles. The van der Waals surface area contributed by atoms with Crippen LogP contribution in [0.2, 0.25) is 5.02 Å². The number of nitrogens with zero attached hydrogens (tertiary/aromatic N) is 1. The van der Waals surface area contributed by atoms with Crippen LogP contribution < -0.4 is 4.74 Å². The smallest absolute Gasteiger partial charge is 0.167 e. The molecule has 0 aromatic heterocycles. The second kappa shape index (κ2) is 5.03. The summed E-state index contributed by atoms with van der Waals surface area (Å²) in [5, 5.41) is 8.81. The molecule has 2 aromatic rings. The monoisotopic (exact) mass is 265 g/mol. The summed E-state index contributed by atoms with van der Waals surface area (Å²) in [7, 11) is 0.